The number of hydrogen-bond donors (Lipinski definition) is 1. The van der Waals surface area contributed by atoms with Gasteiger partial charge >= 0.3 is 5.97 Å². The highest BCUT2D eigenvalue weighted by Crippen LogP contribution is 2.23. The summed E-state index contributed by atoms with van der Waals surface area (Å²) in [7, 11) is 0. The predicted molar refractivity (Wildman–Crippen MR) is 78.5 cm³/mol. The number of carbonyl (C=O) groups is 2. The lowest BCUT2D eigenvalue weighted by molar-refractivity contribution is -0.144. The van der Waals surface area contributed by atoms with Gasteiger partial charge in [-0.15, -0.1) is 0 Å². The summed E-state index contributed by atoms with van der Waals surface area (Å²) in [6.07, 6.45) is 1.27. The average molecular weight is 284 g/mol. The molecular weight excluding hydrogens is 256 g/mol. The average Bonchev–Trinajstić information content (AvgIpc) is 2.30. The standard InChI is InChI=1S/C15H28N2O3/c1-10(2)17(11(3)4)14(18)9-16-7-6-13(15(19)20)8-12(16)5/h10-13H,6-9H2,1-5H3,(H,19,20). The molecular formula is C15H28N2O3. The van der Waals surface area contributed by atoms with Crippen LogP contribution in [0.2, 0.25) is 0 Å². The van der Waals surface area contributed by atoms with E-state index in [-0.39, 0.29) is 30.0 Å². The monoisotopic (exact) mass is 284 g/mol. The highest BCUT2D eigenvalue weighted by molar-refractivity contribution is 5.79. The van der Waals surface area contributed by atoms with Gasteiger partial charge < -0.3 is 10.0 Å². The topological polar surface area (TPSA) is 60.9 Å². The fourth-order valence-electron chi connectivity index (χ4n) is 3.11. The molecule has 116 valence electrons. The van der Waals surface area contributed by atoms with Gasteiger partial charge in [0.1, 0.15) is 0 Å². The number of rotatable bonds is 5. The molecule has 1 fully saturated rings. The van der Waals surface area contributed by atoms with Crippen molar-refractivity contribution in [1.82, 2.24) is 9.80 Å². The molecule has 20 heavy (non-hydrogen) atoms. The third kappa shape index (κ3) is 4.20. The van der Waals surface area contributed by atoms with E-state index in [0.29, 0.717) is 25.9 Å². The number of nitrogens with zero attached hydrogens (tertiary/aromatic N) is 2. The molecule has 0 saturated carbocycles. The molecule has 0 aromatic heterocycles. The molecule has 1 amide bonds. The zero-order chi connectivity index (χ0) is 15.4. The van der Waals surface area contributed by atoms with E-state index >= 15 is 0 Å². The predicted octanol–water partition coefficient (Wildman–Crippen LogP) is 1.82. The summed E-state index contributed by atoms with van der Waals surface area (Å²) in [6, 6.07) is 0.527. The van der Waals surface area contributed by atoms with Gasteiger partial charge in [-0.3, -0.25) is 14.5 Å². The Bertz CT molecular complexity index is 347. The molecule has 2 unspecified atom stereocenters. The van der Waals surface area contributed by atoms with E-state index in [1.54, 1.807) is 0 Å². The molecule has 0 aromatic rings. The second kappa shape index (κ2) is 7.07. The van der Waals surface area contributed by atoms with Crippen molar-refractivity contribution in [3.8, 4) is 0 Å². The molecule has 1 aliphatic heterocycles. The van der Waals surface area contributed by atoms with Crippen LogP contribution in [0.4, 0.5) is 0 Å². The number of carbonyl (C=O) groups excluding carboxylic acids is 1. The first-order chi connectivity index (χ1) is 9.23. The largest absolute Gasteiger partial charge is 0.481 e. The molecule has 0 spiro atoms. The number of aliphatic carboxylic acids is 1. The number of carboxylic acid groups (broad SMARTS) is 1. The summed E-state index contributed by atoms with van der Waals surface area (Å²) in [5.41, 5.74) is 0. The Balaban J connectivity index is 2.60. The SMILES string of the molecule is CC1CC(C(=O)O)CCN1CC(=O)N(C(C)C)C(C)C. The van der Waals surface area contributed by atoms with Crippen molar-refractivity contribution in [3.05, 3.63) is 0 Å². The van der Waals surface area contributed by atoms with Crippen molar-refractivity contribution < 1.29 is 14.7 Å². The van der Waals surface area contributed by atoms with Crippen LogP contribution in [0.3, 0.4) is 0 Å². The summed E-state index contributed by atoms with van der Waals surface area (Å²) in [4.78, 5) is 27.5. The Labute approximate surface area is 121 Å². The molecule has 1 rings (SSSR count). The summed E-state index contributed by atoms with van der Waals surface area (Å²) in [6.45, 7) is 11.2. The molecule has 5 heteroatoms. The van der Waals surface area contributed by atoms with Gasteiger partial charge in [-0.1, -0.05) is 0 Å². The van der Waals surface area contributed by atoms with Gasteiger partial charge in [-0.05, 0) is 54.0 Å². The minimum atomic E-state index is -0.714. The van der Waals surface area contributed by atoms with Crippen molar-refractivity contribution in [2.24, 2.45) is 5.92 Å². The van der Waals surface area contributed by atoms with Crippen molar-refractivity contribution in [2.45, 2.75) is 65.6 Å². The maximum atomic E-state index is 12.4. The molecule has 1 aliphatic rings. The maximum Gasteiger partial charge on any atom is 0.306 e. The number of amides is 1. The van der Waals surface area contributed by atoms with Crippen LogP contribution in [0, 0.1) is 5.92 Å². The molecule has 1 N–H and O–H groups in total. The molecule has 5 nitrogen and oxygen atoms in total. The fourth-order valence-corrected chi connectivity index (χ4v) is 3.11. The van der Waals surface area contributed by atoms with Gasteiger partial charge in [0, 0.05) is 18.1 Å². The van der Waals surface area contributed by atoms with Gasteiger partial charge in [-0.25, -0.2) is 0 Å². The fraction of sp³-hybridized carbons (Fsp3) is 0.867. The van der Waals surface area contributed by atoms with Crippen LogP contribution in [0.25, 0.3) is 0 Å². The summed E-state index contributed by atoms with van der Waals surface area (Å²) < 4.78 is 0. The lowest BCUT2D eigenvalue weighted by atomic mass is 9.92. The number of hydrogen-bond acceptors (Lipinski definition) is 3. The molecule has 0 radical (unpaired) electrons. The molecule has 0 bridgehead atoms. The highest BCUT2D eigenvalue weighted by Gasteiger charge is 2.32. The minimum absolute atomic E-state index is 0.135. The Kier molecular flexibility index (Phi) is 5.99. The Hall–Kier alpha value is -1.10. The van der Waals surface area contributed by atoms with E-state index in [1.807, 2.05) is 39.5 Å². The van der Waals surface area contributed by atoms with Crippen LogP contribution < -0.4 is 0 Å². The number of likely N-dealkylation sites (tertiary alicyclic amines) is 1. The third-order valence-electron chi connectivity index (χ3n) is 4.10. The van der Waals surface area contributed by atoms with E-state index in [4.69, 9.17) is 5.11 Å². The van der Waals surface area contributed by atoms with E-state index < -0.39 is 5.97 Å². The maximum absolute atomic E-state index is 12.4. The molecule has 2 atom stereocenters. The molecule has 0 aromatic carbocycles. The minimum Gasteiger partial charge on any atom is -0.481 e. The number of piperidine rings is 1. The first kappa shape index (κ1) is 17.0. The molecule has 1 saturated heterocycles. The van der Waals surface area contributed by atoms with Crippen LogP contribution in [0.5, 0.6) is 0 Å². The third-order valence-corrected chi connectivity index (χ3v) is 4.10. The van der Waals surface area contributed by atoms with Gasteiger partial charge in [0.15, 0.2) is 0 Å². The van der Waals surface area contributed by atoms with Crippen molar-refractivity contribution in [2.75, 3.05) is 13.1 Å². The Morgan fingerprint density at radius 3 is 2.20 bits per heavy atom. The molecule has 1 heterocycles. The zero-order valence-electron chi connectivity index (χ0n) is 13.3. The van der Waals surface area contributed by atoms with E-state index in [2.05, 4.69) is 4.90 Å². The smallest absolute Gasteiger partial charge is 0.306 e. The van der Waals surface area contributed by atoms with Crippen LogP contribution in [0.15, 0.2) is 0 Å². The lowest BCUT2D eigenvalue weighted by Gasteiger charge is -2.38. The Morgan fingerprint density at radius 1 is 1.25 bits per heavy atom. The van der Waals surface area contributed by atoms with Gasteiger partial charge in [0.2, 0.25) is 5.91 Å². The zero-order valence-corrected chi connectivity index (χ0v) is 13.3. The number of carboxylic acids is 1. The highest BCUT2D eigenvalue weighted by atomic mass is 16.4. The normalized spacial score (nSPS) is 24.1. The summed E-state index contributed by atoms with van der Waals surface area (Å²) >= 11 is 0. The van der Waals surface area contributed by atoms with Crippen LogP contribution in [-0.4, -0.2) is 58.0 Å². The lowest BCUT2D eigenvalue weighted by Crippen LogP contribution is -2.51. The second-order valence-corrected chi connectivity index (χ2v) is 6.37. The van der Waals surface area contributed by atoms with Crippen molar-refractivity contribution in [3.63, 3.8) is 0 Å². The van der Waals surface area contributed by atoms with Crippen LogP contribution >= 0.6 is 0 Å². The van der Waals surface area contributed by atoms with E-state index in [9.17, 15) is 9.59 Å². The van der Waals surface area contributed by atoms with Gasteiger partial charge in [0.05, 0.1) is 12.5 Å². The van der Waals surface area contributed by atoms with Crippen molar-refractivity contribution in [1.29, 1.82) is 0 Å². The van der Waals surface area contributed by atoms with Crippen molar-refractivity contribution >= 4 is 11.9 Å². The molecule has 0 aliphatic carbocycles. The van der Waals surface area contributed by atoms with Crippen LogP contribution in [0.1, 0.15) is 47.5 Å². The first-order valence-electron chi connectivity index (χ1n) is 7.52. The Morgan fingerprint density at radius 2 is 1.80 bits per heavy atom. The quantitative estimate of drug-likeness (QED) is 0.836. The van der Waals surface area contributed by atoms with Gasteiger partial charge in [0.25, 0.3) is 0 Å². The second-order valence-electron chi connectivity index (χ2n) is 6.37. The summed E-state index contributed by atoms with van der Waals surface area (Å²) in [5.74, 6) is -0.841. The van der Waals surface area contributed by atoms with E-state index in [1.165, 1.54) is 0 Å². The summed E-state index contributed by atoms with van der Waals surface area (Å²) in [5, 5.41) is 9.06. The first-order valence-corrected chi connectivity index (χ1v) is 7.52. The van der Waals surface area contributed by atoms with Crippen LogP contribution in [-0.2, 0) is 9.59 Å². The van der Waals surface area contributed by atoms with E-state index in [0.717, 1.165) is 0 Å². The van der Waals surface area contributed by atoms with Gasteiger partial charge in [-0.2, -0.15) is 0 Å².